The lowest BCUT2D eigenvalue weighted by atomic mass is 10.1. The molecule has 0 saturated carbocycles. The molecule has 0 radical (unpaired) electrons. The molecule has 1 aromatic carbocycles. The highest BCUT2D eigenvalue weighted by molar-refractivity contribution is 7.13. The maximum absolute atomic E-state index is 12.6. The summed E-state index contributed by atoms with van der Waals surface area (Å²) in [5, 5.41) is 14.5. The smallest absolute Gasteiger partial charge is 0.326 e. The molecule has 1 unspecified atom stereocenters. The van der Waals surface area contributed by atoms with Gasteiger partial charge in [-0.2, -0.15) is 0 Å². The van der Waals surface area contributed by atoms with E-state index in [2.05, 4.69) is 10.3 Å². The lowest BCUT2D eigenvalue weighted by Gasteiger charge is -2.26. The van der Waals surface area contributed by atoms with Crippen molar-refractivity contribution in [2.75, 3.05) is 13.1 Å². The van der Waals surface area contributed by atoms with Gasteiger partial charge >= 0.3 is 5.97 Å². The van der Waals surface area contributed by atoms with Crippen molar-refractivity contribution < 1.29 is 19.5 Å². The van der Waals surface area contributed by atoms with E-state index in [1.807, 2.05) is 36.6 Å². The first kappa shape index (κ1) is 20.6. The second-order valence-corrected chi connectivity index (χ2v) is 7.13. The second-order valence-electron chi connectivity index (χ2n) is 6.27. The molecule has 0 bridgehead atoms. The van der Waals surface area contributed by atoms with E-state index in [1.165, 1.54) is 30.1 Å². The van der Waals surface area contributed by atoms with Gasteiger partial charge in [-0.05, 0) is 19.9 Å². The largest absolute Gasteiger partial charge is 0.480 e. The van der Waals surface area contributed by atoms with Gasteiger partial charge < -0.3 is 15.3 Å². The topological polar surface area (TPSA) is 99.6 Å². The molecule has 0 saturated heterocycles. The molecule has 1 aromatic heterocycles. The van der Waals surface area contributed by atoms with Crippen LogP contribution in [0, 0.1) is 6.92 Å². The number of nitrogens with one attached hydrogen (secondary N) is 1. The molecule has 1 heterocycles. The zero-order valence-electron chi connectivity index (χ0n) is 15.6. The summed E-state index contributed by atoms with van der Waals surface area (Å²) in [7, 11) is 0. The van der Waals surface area contributed by atoms with Gasteiger partial charge in [0, 0.05) is 31.0 Å². The Hall–Kier alpha value is -2.74. The Morgan fingerprint density at radius 2 is 2.07 bits per heavy atom. The summed E-state index contributed by atoms with van der Waals surface area (Å²) >= 11 is 1.45. The van der Waals surface area contributed by atoms with Crippen molar-refractivity contribution in [1.29, 1.82) is 0 Å². The quantitative estimate of drug-likeness (QED) is 0.720. The Morgan fingerprint density at radius 3 is 2.70 bits per heavy atom. The molecule has 7 nitrogen and oxygen atoms in total. The number of hydrogen-bond donors (Lipinski definition) is 2. The fourth-order valence-corrected chi connectivity index (χ4v) is 3.39. The standard InChI is InChI=1S/C19H23N3O4S/c1-12-5-4-6-15(9-12)18-21-16(11-27-18)10-17(24)22(13(2)19(25)26)8-7-20-14(3)23/h4-6,9,11,13H,7-8,10H2,1-3H3,(H,20,23)(H,25,26). The van der Waals surface area contributed by atoms with E-state index < -0.39 is 12.0 Å². The fourth-order valence-electron chi connectivity index (χ4n) is 2.58. The van der Waals surface area contributed by atoms with Crippen molar-refractivity contribution in [3.63, 3.8) is 0 Å². The van der Waals surface area contributed by atoms with Crippen molar-refractivity contribution >= 4 is 29.1 Å². The highest BCUT2D eigenvalue weighted by atomic mass is 32.1. The van der Waals surface area contributed by atoms with Gasteiger partial charge in [-0.1, -0.05) is 23.8 Å². The molecule has 0 aliphatic carbocycles. The summed E-state index contributed by atoms with van der Waals surface area (Å²) in [5.74, 6) is -1.66. The van der Waals surface area contributed by atoms with E-state index in [-0.39, 0.29) is 31.3 Å². The third kappa shape index (κ3) is 5.89. The van der Waals surface area contributed by atoms with Crippen LogP contribution in [0.15, 0.2) is 29.6 Å². The number of aryl methyl sites for hydroxylation is 1. The minimum atomic E-state index is -1.09. The number of thiazole rings is 1. The molecule has 144 valence electrons. The van der Waals surface area contributed by atoms with Crippen molar-refractivity contribution in [2.45, 2.75) is 33.2 Å². The van der Waals surface area contributed by atoms with Crippen LogP contribution in [0.1, 0.15) is 25.1 Å². The van der Waals surface area contributed by atoms with E-state index in [1.54, 1.807) is 0 Å². The molecular weight excluding hydrogens is 366 g/mol. The van der Waals surface area contributed by atoms with E-state index in [0.29, 0.717) is 5.69 Å². The number of carboxylic acids is 1. The third-order valence-corrected chi connectivity index (χ3v) is 4.96. The van der Waals surface area contributed by atoms with Gasteiger partial charge in [0.25, 0.3) is 0 Å². The molecule has 27 heavy (non-hydrogen) atoms. The number of carboxylic acid groups (broad SMARTS) is 1. The van der Waals surface area contributed by atoms with Crippen molar-refractivity contribution in [1.82, 2.24) is 15.2 Å². The molecular formula is C19H23N3O4S. The van der Waals surface area contributed by atoms with Crippen LogP contribution >= 0.6 is 11.3 Å². The van der Waals surface area contributed by atoms with Gasteiger partial charge in [0.2, 0.25) is 11.8 Å². The Bertz CT molecular complexity index is 834. The van der Waals surface area contributed by atoms with Crippen LogP contribution in [0.4, 0.5) is 0 Å². The predicted octanol–water partition coefficient (Wildman–Crippen LogP) is 2.10. The Kier molecular flexibility index (Phi) is 7.06. The van der Waals surface area contributed by atoms with E-state index in [4.69, 9.17) is 0 Å². The van der Waals surface area contributed by atoms with E-state index >= 15 is 0 Å². The molecule has 2 N–H and O–H groups in total. The van der Waals surface area contributed by atoms with E-state index in [9.17, 15) is 19.5 Å². The molecule has 2 rings (SSSR count). The number of carbonyl (C=O) groups excluding carboxylic acids is 2. The predicted molar refractivity (Wildman–Crippen MR) is 103 cm³/mol. The molecule has 0 spiro atoms. The summed E-state index contributed by atoms with van der Waals surface area (Å²) in [5.41, 5.74) is 2.71. The van der Waals surface area contributed by atoms with Crippen molar-refractivity contribution in [3.05, 3.63) is 40.9 Å². The van der Waals surface area contributed by atoms with Gasteiger partial charge in [0.1, 0.15) is 11.0 Å². The highest BCUT2D eigenvalue weighted by Gasteiger charge is 2.26. The molecule has 0 fully saturated rings. The number of carbonyl (C=O) groups is 3. The normalized spacial score (nSPS) is 11.7. The Morgan fingerprint density at radius 1 is 1.33 bits per heavy atom. The third-order valence-electron chi connectivity index (χ3n) is 4.02. The zero-order chi connectivity index (χ0) is 20.0. The van der Waals surface area contributed by atoms with Gasteiger partial charge in [0.05, 0.1) is 12.1 Å². The Balaban J connectivity index is 2.09. The molecule has 8 heteroatoms. The summed E-state index contributed by atoms with van der Waals surface area (Å²) < 4.78 is 0. The molecule has 0 aliphatic heterocycles. The summed E-state index contributed by atoms with van der Waals surface area (Å²) in [6.07, 6.45) is 0.0139. The van der Waals surface area contributed by atoms with Gasteiger partial charge in [-0.3, -0.25) is 9.59 Å². The van der Waals surface area contributed by atoms with Crippen molar-refractivity contribution in [2.24, 2.45) is 0 Å². The molecule has 1 atom stereocenters. The summed E-state index contributed by atoms with van der Waals surface area (Å²) in [4.78, 5) is 40.7. The molecule has 2 amide bonds. The number of aromatic nitrogens is 1. The van der Waals surface area contributed by atoms with E-state index in [0.717, 1.165) is 16.1 Å². The van der Waals surface area contributed by atoms with Gasteiger partial charge in [-0.15, -0.1) is 11.3 Å². The second kappa shape index (κ2) is 9.27. The monoisotopic (exact) mass is 389 g/mol. The van der Waals surface area contributed by atoms with Crippen LogP contribution < -0.4 is 5.32 Å². The van der Waals surface area contributed by atoms with Crippen LogP contribution in [0.25, 0.3) is 10.6 Å². The summed E-state index contributed by atoms with van der Waals surface area (Å²) in [6.45, 7) is 5.15. The Labute approximate surface area is 162 Å². The average molecular weight is 389 g/mol. The average Bonchev–Trinajstić information content (AvgIpc) is 3.06. The fraction of sp³-hybridized carbons (Fsp3) is 0.368. The lowest BCUT2D eigenvalue weighted by Crippen LogP contribution is -2.47. The number of benzene rings is 1. The number of aliphatic carboxylic acids is 1. The van der Waals surface area contributed by atoms with Crippen LogP contribution in [0.3, 0.4) is 0 Å². The highest BCUT2D eigenvalue weighted by Crippen LogP contribution is 2.24. The lowest BCUT2D eigenvalue weighted by molar-refractivity contribution is -0.149. The molecule has 2 aromatic rings. The van der Waals surface area contributed by atoms with Crippen LogP contribution in [0.2, 0.25) is 0 Å². The van der Waals surface area contributed by atoms with Gasteiger partial charge in [0.15, 0.2) is 0 Å². The number of rotatable bonds is 8. The minimum absolute atomic E-state index is 0.0139. The first-order chi connectivity index (χ1) is 12.8. The maximum Gasteiger partial charge on any atom is 0.326 e. The number of hydrogen-bond acceptors (Lipinski definition) is 5. The number of amides is 2. The first-order valence-corrected chi connectivity index (χ1v) is 9.44. The van der Waals surface area contributed by atoms with Gasteiger partial charge in [-0.25, -0.2) is 9.78 Å². The van der Waals surface area contributed by atoms with Crippen LogP contribution in [-0.4, -0.2) is 51.9 Å². The molecule has 0 aliphatic rings. The zero-order valence-corrected chi connectivity index (χ0v) is 16.4. The van der Waals surface area contributed by atoms with Crippen molar-refractivity contribution in [3.8, 4) is 10.6 Å². The minimum Gasteiger partial charge on any atom is -0.480 e. The summed E-state index contributed by atoms with van der Waals surface area (Å²) in [6, 6.07) is 6.96. The van der Waals surface area contributed by atoms with Crippen LogP contribution in [0.5, 0.6) is 0 Å². The number of nitrogens with zero attached hydrogens (tertiary/aromatic N) is 2. The van der Waals surface area contributed by atoms with Crippen LogP contribution in [-0.2, 0) is 20.8 Å². The first-order valence-electron chi connectivity index (χ1n) is 8.56. The SMILES string of the molecule is CC(=O)NCCN(C(=O)Cc1csc(-c2cccc(C)c2)n1)C(C)C(=O)O. The maximum atomic E-state index is 12.6.